The van der Waals surface area contributed by atoms with Crippen molar-refractivity contribution in [1.82, 2.24) is 4.90 Å². The molecule has 1 heterocycles. The van der Waals surface area contributed by atoms with Crippen LogP contribution in [0.1, 0.15) is 47.4 Å². The summed E-state index contributed by atoms with van der Waals surface area (Å²) in [5.74, 6) is -0.372. The van der Waals surface area contributed by atoms with E-state index in [0.717, 1.165) is 32.0 Å². The molecule has 1 unspecified atom stereocenters. The van der Waals surface area contributed by atoms with Crippen molar-refractivity contribution in [3.63, 3.8) is 0 Å². The number of anilines is 2. The molecule has 1 saturated heterocycles. The van der Waals surface area contributed by atoms with Crippen molar-refractivity contribution in [3.05, 3.63) is 87.5 Å². The van der Waals surface area contributed by atoms with Gasteiger partial charge in [-0.1, -0.05) is 18.2 Å². The van der Waals surface area contributed by atoms with Gasteiger partial charge in [-0.25, -0.2) is 4.79 Å². The highest BCUT2D eigenvalue weighted by molar-refractivity contribution is 5.93. The van der Waals surface area contributed by atoms with E-state index < -0.39 is 28.7 Å². The molecule has 9 nitrogen and oxygen atoms in total. The number of carbonyl (C=O) groups excluding carboxylic acids is 1. The Balaban J connectivity index is 1.64. The molecule has 3 aromatic rings. The molecule has 0 radical (unpaired) electrons. The van der Waals surface area contributed by atoms with E-state index in [1.807, 2.05) is 7.05 Å². The predicted octanol–water partition coefficient (Wildman–Crippen LogP) is 6.76. The van der Waals surface area contributed by atoms with Crippen LogP contribution < -0.4 is 14.8 Å². The monoisotopic (exact) mass is 573 g/mol. The highest BCUT2D eigenvalue weighted by atomic mass is 19.4. The van der Waals surface area contributed by atoms with Gasteiger partial charge in [0.15, 0.2) is 0 Å². The lowest BCUT2D eigenvalue weighted by Gasteiger charge is -2.29. The standard InChI is InChI=1S/C29H30F3N3O6/c1-18(22-6-4-5-7-24(22)29(30,31)32)40-27-16-19(8-10-23(27)28(36)39-3)33-25-17-21(9-11-26(25)35(37)38)41-20-12-14-34(2)15-13-20/h4-11,16-18,20,33H,12-15H2,1-3H3. The highest BCUT2D eigenvalue weighted by Crippen LogP contribution is 2.38. The van der Waals surface area contributed by atoms with Gasteiger partial charge in [-0.2, -0.15) is 13.2 Å². The van der Waals surface area contributed by atoms with Crippen LogP contribution in [-0.2, 0) is 10.9 Å². The van der Waals surface area contributed by atoms with Crippen LogP contribution in [0.3, 0.4) is 0 Å². The second-order valence-corrected chi connectivity index (χ2v) is 9.73. The average Bonchev–Trinajstić information content (AvgIpc) is 2.93. The van der Waals surface area contributed by atoms with Crippen LogP contribution in [-0.4, -0.2) is 49.1 Å². The summed E-state index contributed by atoms with van der Waals surface area (Å²) in [7, 11) is 3.20. The van der Waals surface area contributed by atoms with Crippen molar-refractivity contribution in [2.24, 2.45) is 0 Å². The van der Waals surface area contributed by atoms with Gasteiger partial charge in [0.1, 0.15) is 35.0 Å². The van der Waals surface area contributed by atoms with Crippen LogP contribution in [0.4, 0.5) is 30.2 Å². The molecule has 3 aromatic carbocycles. The summed E-state index contributed by atoms with van der Waals surface area (Å²) < 4.78 is 57.6. The number of carbonyl (C=O) groups is 1. The van der Waals surface area contributed by atoms with Crippen LogP contribution >= 0.6 is 0 Å². The Hall–Kier alpha value is -4.32. The van der Waals surface area contributed by atoms with E-state index in [0.29, 0.717) is 11.4 Å². The SMILES string of the molecule is COC(=O)c1ccc(Nc2cc(OC3CCN(C)CC3)ccc2[N+](=O)[O-])cc1OC(C)c1ccccc1C(F)(F)F. The molecule has 0 aromatic heterocycles. The number of nitrogens with one attached hydrogen (secondary N) is 1. The molecule has 41 heavy (non-hydrogen) atoms. The number of likely N-dealkylation sites (tertiary alicyclic amines) is 1. The number of hydrogen-bond donors (Lipinski definition) is 1. The number of benzene rings is 3. The molecular formula is C29H30F3N3O6. The second kappa shape index (κ2) is 12.5. The van der Waals surface area contributed by atoms with Crippen molar-refractivity contribution in [1.29, 1.82) is 0 Å². The molecule has 1 atom stereocenters. The first-order valence-electron chi connectivity index (χ1n) is 12.9. The van der Waals surface area contributed by atoms with Crippen LogP contribution in [0.2, 0.25) is 0 Å². The van der Waals surface area contributed by atoms with Crippen molar-refractivity contribution < 1.29 is 37.1 Å². The van der Waals surface area contributed by atoms with Gasteiger partial charge in [-0.05, 0) is 51.1 Å². The third-order valence-electron chi connectivity index (χ3n) is 6.81. The van der Waals surface area contributed by atoms with E-state index in [-0.39, 0.29) is 34.4 Å². The smallest absolute Gasteiger partial charge is 0.416 e. The lowest BCUT2D eigenvalue weighted by atomic mass is 10.0. The van der Waals surface area contributed by atoms with Crippen molar-refractivity contribution >= 4 is 23.0 Å². The molecule has 4 rings (SSSR count). The fourth-order valence-corrected chi connectivity index (χ4v) is 4.64. The Morgan fingerprint density at radius 3 is 2.46 bits per heavy atom. The van der Waals surface area contributed by atoms with Crippen LogP contribution in [0.5, 0.6) is 11.5 Å². The number of nitro benzene ring substituents is 1. The minimum absolute atomic E-state index is 0.0248. The first-order valence-corrected chi connectivity index (χ1v) is 12.9. The molecule has 218 valence electrons. The molecule has 1 fully saturated rings. The second-order valence-electron chi connectivity index (χ2n) is 9.73. The van der Waals surface area contributed by atoms with Crippen LogP contribution in [0.15, 0.2) is 60.7 Å². The normalized spacial score (nSPS) is 15.2. The minimum Gasteiger partial charge on any atom is -0.490 e. The fourth-order valence-electron chi connectivity index (χ4n) is 4.64. The van der Waals surface area contributed by atoms with Gasteiger partial charge in [0.25, 0.3) is 5.69 Å². The Kier molecular flexibility index (Phi) is 9.01. The molecule has 0 aliphatic carbocycles. The zero-order valence-corrected chi connectivity index (χ0v) is 22.7. The summed E-state index contributed by atoms with van der Waals surface area (Å²) in [6.45, 7) is 3.19. The summed E-state index contributed by atoms with van der Waals surface area (Å²) in [4.78, 5) is 25.8. The van der Waals surface area contributed by atoms with Gasteiger partial charge in [-0.15, -0.1) is 0 Å². The predicted molar refractivity (Wildman–Crippen MR) is 146 cm³/mol. The number of esters is 1. The number of ether oxygens (including phenoxy) is 3. The molecule has 0 bridgehead atoms. The van der Waals surface area contributed by atoms with Crippen LogP contribution in [0, 0.1) is 10.1 Å². The summed E-state index contributed by atoms with van der Waals surface area (Å²) in [6, 6.07) is 13.6. The van der Waals surface area contributed by atoms with Crippen LogP contribution in [0.25, 0.3) is 0 Å². The number of halogens is 3. The van der Waals surface area contributed by atoms with Gasteiger partial charge in [0.05, 0.1) is 17.6 Å². The van der Waals surface area contributed by atoms with Gasteiger partial charge < -0.3 is 24.4 Å². The topological polar surface area (TPSA) is 103 Å². The van der Waals surface area contributed by atoms with E-state index in [9.17, 15) is 28.1 Å². The molecule has 0 saturated carbocycles. The summed E-state index contributed by atoms with van der Waals surface area (Å²) in [6.07, 6.45) is -4.10. The lowest BCUT2D eigenvalue weighted by molar-refractivity contribution is -0.383. The molecule has 1 N–H and O–H groups in total. The van der Waals surface area contributed by atoms with E-state index in [2.05, 4.69) is 10.2 Å². The average molecular weight is 574 g/mol. The van der Waals surface area contributed by atoms with Crippen molar-refractivity contribution in [2.45, 2.75) is 38.1 Å². The number of nitro groups is 1. The first-order chi connectivity index (χ1) is 19.5. The third kappa shape index (κ3) is 7.26. The fraction of sp³-hybridized carbons (Fsp3) is 0.345. The lowest BCUT2D eigenvalue weighted by Crippen LogP contribution is -2.35. The number of alkyl halides is 3. The van der Waals surface area contributed by atoms with Crippen molar-refractivity contribution in [2.75, 3.05) is 32.6 Å². The quantitative estimate of drug-likeness (QED) is 0.170. The Bertz CT molecular complexity index is 1410. The highest BCUT2D eigenvalue weighted by Gasteiger charge is 2.35. The Labute approximate surface area is 235 Å². The van der Waals surface area contributed by atoms with Gasteiger partial charge in [0, 0.05) is 42.5 Å². The minimum atomic E-state index is -4.61. The molecular weight excluding hydrogens is 543 g/mol. The summed E-state index contributed by atoms with van der Waals surface area (Å²) in [5.41, 5.74) is -0.797. The van der Waals surface area contributed by atoms with Gasteiger partial charge in [-0.3, -0.25) is 10.1 Å². The molecule has 12 heteroatoms. The zero-order valence-electron chi connectivity index (χ0n) is 22.7. The van der Waals surface area contributed by atoms with E-state index >= 15 is 0 Å². The number of rotatable bonds is 9. The Morgan fingerprint density at radius 1 is 1.10 bits per heavy atom. The Morgan fingerprint density at radius 2 is 1.80 bits per heavy atom. The van der Waals surface area contributed by atoms with Crippen molar-refractivity contribution in [3.8, 4) is 11.5 Å². The maximum Gasteiger partial charge on any atom is 0.416 e. The van der Waals surface area contributed by atoms with E-state index in [4.69, 9.17) is 14.2 Å². The van der Waals surface area contributed by atoms with Gasteiger partial charge >= 0.3 is 12.1 Å². The molecule has 1 aliphatic heterocycles. The summed E-state index contributed by atoms with van der Waals surface area (Å²) in [5, 5.41) is 14.7. The van der Waals surface area contributed by atoms with E-state index in [1.165, 1.54) is 68.6 Å². The maximum absolute atomic E-state index is 13.6. The first kappa shape index (κ1) is 29.7. The largest absolute Gasteiger partial charge is 0.490 e. The van der Waals surface area contributed by atoms with Gasteiger partial charge in [0.2, 0.25) is 0 Å². The zero-order chi connectivity index (χ0) is 29.7. The third-order valence-corrected chi connectivity index (χ3v) is 6.81. The number of nitrogens with zero attached hydrogens (tertiary/aromatic N) is 2. The molecule has 1 aliphatic rings. The molecule has 0 spiro atoms. The summed E-state index contributed by atoms with van der Waals surface area (Å²) >= 11 is 0. The van der Waals surface area contributed by atoms with E-state index in [1.54, 1.807) is 0 Å². The number of piperidine rings is 1. The number of hydrogen-bond acceptors (Lipinski definition) is 8. The maximum atomic E-state index is 13.6. The molecule has 0 amide bonds. The number of methoxy groups -OCH3 is 1.